The lowest BCUT2D eigenvalue weighted by Gasteiger charge is -2.11. The molecule has 0 radical (unpaired) electrons. The highest BCUT2D eigenvalue weighted by atomic mass is 16.5. The number of hydrogen-bond donors (Lipinski definition) is 3. The highest BCUT2D eigenvalue weighted by Gasteiger charge is 2.04. The van der Waals surface area contributed by atoms with Crippen LogP contribution in [0, 0.1) is 0 Å². The number of carboxylic acid groups (broad SMARTS) is 1. The van der Waals surface area contributed by atoms with Crippen molar-refractivity contribution in [2.45, 2.75) is 19.5 Å². The van der Waals surface area contributed by atoms with E-state index >= 15 is 0 Å². The van der Waals surface area contributed by atoms with Gasteiger partial charge in [-0.25, -0.2) is 9.59 Å². The van der Waals surface area contributed by atoms with E-state index in [0.29, 0.717) is 19.7 Å². The van der Waals surface area contributed by atoms with Crippen LogP contribution in [0.25, 0.3) is 0 Å². The summed E-state index contributed by atoms with van der Waals surface area (Å²) in [5.41, 5.74) is 2.02. The van der Waals surface area contributed by atoms with Crippen molar-refractivity contribution in [3.05, 3.63) is 65.2 Å². The molecule has 7 heteroatoms. The molecule has 2 aromatic rings. The van der Waals surface area contributed by atoms with Gasteiger partial charge in [-0.3, -0.25) is 0 Å². The predicted molar refractivity (Wildman–Crippen MR) is 108 cm³/mol. The Hall–Kier alpha value is -3.06. The number of urea groups is 1. The normalized spacial score (nSPS) is 10.5. The maximum atomic E-state index is 11.9. The summed E-state index contributed by atoms with van der Waals surface area (Å²) >= 11 is 0. The zero-order chi connectivity index (χ0) is 20.4. The molecule has 0 aliphatic carbocycles. The van der Waals surface area contributed by atoms with E-state index in [1.165, 1.54) is 12.1 Å². The van der Waals surface area contributed by atoms with E-state index in [1.54, 1.807) is 12.1 Å². The van der Waals surface area contributed by atoms with Crippen molar-refractivity contribution in [2.24, 2.45) is 0 Å². The molecule has 150 valence electrons. The number of hydrogen-bond acceptors (Lipinski definition) is 4. The smallest absolute Gasteiger partial charge is 0.335 e. The van der Waals surface area contributed by atoms with Gasteiger partial charge < -0.3 is 25.4 Å². The van der Waals surface area contributed by atoms with Gasteiger partial charge in [-0.2, -0.15) is 0 Å². The minimum atomic E-state index is -0.970. The molecule has 0 saturated carbocycles. The fourth-order valence-corrected chi connectivity index (χ4v) is 2.47. The molecule has 0 saturated heterocycles. The maximum absolute atomic E-state index is 11.9. The lowest BCUT2D eigenvalue weighted by Crippen LogP contribution is -2.34. The Balaban J connectivity index is 1.68. The van der Waals surface area contributed by atoms with E-state index in [1.807, 2.05) is 38.4 Å². The Bertz CT molecular complexity index is 758. The van der Waals surface area contributed by atoms with Crippen molar-refractivity contribution in [1.82, 2.24) is 15.5 Å². The number of carbonyl (C=O) groups is 2. The predicted octanol–water partition coefficient (Wildman–Crippen LogP) is 2.71. The minimum absolute atomic E-state index is 0.221. The average molecular weight is 385 g/mol. The highest BCUT2D eigenvalue weighted by molar-refractivity contribution is 5.87. The molecule has 0 aliphatic heterocycles. The Morgan fingerprint density at radius 1 is 0.929 bits per heavy atom. The second-order valence-electron chi connectivity index (χ2n) is 6.69. The number of nitrogens with one attached hydrogen (secondary N) is 2. The van der Waals surface area contributed by atoms with Crippen LogP contribution in [0.3, 0.4) is 0 Å². The van der Waals surface area contributed by atoms with E-state index in [4.69, 9.17) is 9.84 Å². The number of ether oxygens (including phenoxy) is 1. The molecule has 0 aliphatic rings. The van der Waals surface area contributed by atoms with Crippen molar-refractivity contribution >= 4 is 12.0 Å². The Morgan fingerprint density at radius 3 is 1.96 bits per heavy atom. The first-order valence-corrected chi connectivity index (χ1v) is 9.14. The molecule has 2 rings (SSSR count). The van der Waals surface area contributed by atoms with Crippen molar-refractivity contribution in [3.63, 3.8) is 0 Å². The lowest BCUT2D eigenvalue weighted by atomic mass is 10.1. The number of carboxylic acids is 1. The summed E-state index contributed by atoms with van der Waals surface area (Å²) in [6, 6.07) is 13.7. The number of rotatable bonds is 10. The first-order valence-electron chi connectivity index (χ1n) is 9.14. The van der Waals surface area contributed by atoms with E-state index in [2.05, 4.69) is 15.5 Å². The maximum Gasteiger partial charge on any atom is 0.335 e. The van der Waals surface area contributed by atoms with Crippen LogP contribution >= 0.6 is 0 Å². The SMILES string of the molecule is CN(C)CCCOc1ccc(CNC(=O)NCc2ccc(C(=O)O)cc2)cc1. The van der Waals surface area contributed by atoms with Crippen LogP contribution in [0.4, 0.5) is 4.79 Å². The van der Waals surface area contributed by atoms with Gasteiger partial charge in [0.2, 0.25) is 0 Å². The van der Waals surface area contributed by atoms with Gasteiger partial charge in [0.05, 0.1) is 12.2 Å². The summed E-state index contributed by atoms with van der Waals surface area (Å²) < 4.78 is 5.68. The monoisotopic (exact) mass is 385 g/mol. The summed E-state index contributed by atoms with van der Waals surface area (Å²) in [5.74, 6) is -0.154. The average Bonchev–Trinajstić information content (AvgIpc) is 2.69. The molecule has 2 aromatic carbocycles. The molecule has 0 aromatic heterocycles. The Labute approximate surface area is 165 Å². The van der Waals surface area contributed by atoms with Crippen LogP contribution in [0.5, 0.6) is 5.75 Å². The Morgan fingerprint density at radius 2 is 1.46 bits per heavy atom. The minimum Gasteiger partial charge on any atom is -0.494 e. The fourth-order valence-electron chi connectivity index (χ4n) is 2.47. The van der Waals surface area contributed by atoms with E-state index in [0.717, 1.165) is 29.8 Å². The number of amides is 2. The fraction of sp³-hybridized carbons (Fsp3) is 0.333. The number of carbonyl (C=O) groups excluding carboxylic acids is 1. The Kier molecular flexibility index (Phi) is 8.30. The van der Waals surface area contributed by atoms with Gasteiger partial charge in [0.1, 0.15) is 5.75 Å². The van der Waals surface area contributed by atoms with Crippen LogP contribution in [-0.2, 0) is 13.1 Å². The van der Waals surface area contributed by atoms with E-state index < -0.39 is 5.97 Å². The first kappa shape index (κ1) is 21.2. The second-order valence-corrected chi connectivity index (χ2v) is 6.69. The van der Waals surface area contributed by atoms with Crippen LogP contribution in [0.15, 0.2) is 48.5 Å². The molecular formula is C21H27N3O4. The van der Waals surface area contributed by atoms with Crippen LogP contribution in [0.2, 0.25) is 0 Å². The number of aromatic carboxylic acids is 1. The van der Waals surface area contributed by atoms with Crippen LogP contribution in [0.1, 0.15) is 27.9 Å². The summed E-state index contributed by atoms with van der Waals surface area (Å²) in [4.78, 5) is 24.9. The standard InChI is InChI=1S/C21H27N3O4/c1-24(2)12-3-13-28-19-10-6-17(7-11-19)15-23-21(27)22-14-16-4-8-18(9-5-16)20(25)26/h4-11H,3,12-15H2,1-2H3,(H,25,26)(H2,22,23,27). The third-order valence-electron chi connectivity index (χ3n) is 4.05. The van der Waals surface area contributed by atoms with E-state index in [-0.39, 0.29) is 11.6 Å². The zero-order valence-corrected chi connectivity index (χ0v) is 16.3. The van der Waals surface area contributed by atoms with Crippen molar-refractivity contribution in [1.29, 1.82) is 0 Å². The highest BCUT2D eigenvalue weighted by Crippen LogP contribution is 2.12. The summed E-state index contributed by atoms with van der Waals surface area (Å²) in [6.07, 6.45) is 0.968. The van der Waals surface area contributed by atoms with Gasteiger partial charge in [-0.15, -0.1) is 0 Å². The van der Waals surface area contributed by atoms with Crippen LogP contribution in [-0.4, -0.2) is 49.3 Å². The quantitative estimate of drug-likeness (QED) is 0.547. The summed E-state index contributed by atoms with van der Waals surface area (Å²) in [5, 5.41) is 14.4. The second kappa shape index (κ2) is 10.9. The number of nitrogens with zero attached hydrogens (tertiary/aromatic N) is 1. The van der Waals surface area contributed by atoms with Crippen molar-refractivity contribution in [2.75, 3.05) is 27.2 Å². The molecule has 0 heterocycles. The molecule has 0 atom stereocenters. The van der Waals surface area contributed by atoms with Crippen molar-refractivity contribution in [3.8, 4) is 5.75 Å². The molecule has 28 heavy (non-hydrogen) atoms. The van der Waals surface area contributed by atoms with E-state index in [9.17, 15) is 9.59 Å². The largest absolute Gasteiger partial charge is 0.494 e. The van der Waals surface area contributed by atoms with Gasteiger partial charge in [0, 0.05) is 19.6 Å². The van der Waals surface area contributed by atoms with Gasteiger partial charge >= 0.3 is 12.0 Å². The molecule has 2 amide bonds. The zero-order valence-electron chi connectivity index (χ0n) is 16.3. The van der Waals surface area contributed by atoms with Crippen LogP contribution < -0.4 is 15.4 Å². The molecule has 0 bridgehead atoms. The van der Waals surface area contributed by atoms with Crippen molar-refractivity contribution < 1.29 is 19.4 Å². The molecule has 3 N–H and O–H groups in total. The summed E-state index contributed by atoms with van der Waals surface area (Å²) in [6.45, 7) is 2.39. The molecule has 7 nitrogen and oxygen atoms in total. The molecule has 0 unspecified atom stereocenters. The van der Waals surface area contributed by atoms with Gasteiger partial charge in [-0.1, -0.05) is 24.3 Å². The van der Waals surface area contributed by atoms with Gasteiger partial charge in [0.25, 0.3) is 0 Å². The topological polar surface area (TPSA) is 90.9 Å². The summed E-state index contributed by atoms with van der Waals surface area (Å²) in [7, 11) is 4.07. The molecule has 0 spiro atoms. The van der Waals surface area contributed by atoms with Gasteiger partial charge in [0.15, 0.2) is 0 Å². The molecular weight excluding hydrogens is 358 g/mol. The number of benzene rings is 2. The molecule has 0 fully saturated rings. The van der Waals surface area contributed by atoms with Gasteiger partial charge in [-0.05, 0) is 55.9 Å². The first-order chi connectivity index (χ1) is 13.4. The third kappa shape index (κ3) is 7.67. The lowest BCUT2D eigenvalue weighted by molar-refractivity contribution is 0.0697. The third-order valence-corrected chi connectivity index (χ3v) is 4.05.